The van der Waals surface area contributed by atoms with E-state index in [1.165, 1.54) is 6.42 Å². The molecule has 0 aromatic heterocycles. The zero-order chi connectivity index (χ0) is 48.5. The summed E-state index contributed by atoms with van der Waals surface area (Å²) in [6, 6.07) is 24.5. The van der Waals surface area contributed by atoms with Crippen LogP contribution in [-0.4, -0.2) is 95.9 Å². The van der Waals surface area contributed by atoms with Gasteiger partial charge in [-0.1, -0.05) is 94.5 Å². The van der Waals surface area contributed by atoms with Crippen molar-refractivity contribution in [2.75, 3.05) is 39.3 Å². The Balaban J connectivity index is 0.000000244. The summed E-state index contributed by atoms with van der Waals surface area (Å²) in [5.41, 5.74) is -0.918. The summed E-state index contributed by atoms with van der Waals surface area (Å²) in [7, 11) is 0. The van der Waals surface area contributed by atoms with E-state index in [1.807, 2.05) is 134 Å². The molecule has 0 saturated carbocycles. The van der Waals surface area contributed by atoms with Crippen LogP contribution in [0, 0.1) is 35.5 Å². The summed E-state index contributed by atoms with van der Waals surface area (Å²) < 4.78 is 23.1. The van der Waals surface area contributed by atoms with Crippen LogP contribution >= 0.6 is 34.8 Å². The maximum absolute atomic E-state index is 12.2. The van der Waals surface area contributed by atoms with Crippen LogP contribution in [-0.2, 0) is 9.47 Å². The Morgan fingerprint density at radius 2 is 0.985 bits per heavy atom. The molecule has 3 aromatic rings. The lowest BCUT2D eigenvalue weighted by atomic mass is 9.92. The van der Waals surface area contributed by atoms with E-state index in [0.717, 1.165) is 47.5 Å². The van der Waals surface area contributed by atoms with E-state index in [1.54, 1.807) is 9.80 Å². The number of amides is 2. The third kappa shape index (κ3) is 21.0. The first-order chi connectivity index (χ1) is 30.4. The van der Waals surface area contributed by atoms with Crippen molar-refractivity contribution in [3.63, 3.8) is 0 Å². The van der Waals surface area contributed by atoms with Crippen molar-refractivity contribution >= 4 is 47.0 Å². The molecule has 3 heterocycles. The van der Waals surface area contributed by atoms with Crippen molar-refractivity contribution in [3.8, 4) is 11.5 Å². The Bertz CT molecular complexity index is 1810. The summed E-state index contributed by atoms with van der Waals surface area (Å²) in [6.45, 7) is 28.8. The molecule has 13 heteroatoms. The van der Waals surface area contributed by atoms with Crippen LogP contribution in [0.2, 0.25) is 15.1 Å². The Kier molecular flexibility index (Phi) is 23.1. The number of benzene rings is 3. The molecule has 3 saturated heterocycles. The number of carbonyl (C=O) groups excluding carboxylic acids is 2. The normalized spacial score (nSPS) is 19.8. The van der Waals surface area contributed by atoms with Crippen LogP contribution in [0.15, 0.2) is 78.9 Å². The van der Waals surface area contributed by atoms with E-state index >= 15 is 0 Å². The van der Waals surface area contributed by atoms with Crippen molar-refractivity contribution < 1.29 is 33.6 Å². The lowest BCUT2D eigenvalue weighted by Gasteiger charge is -2.29. The van der Waals surface area contributed by atoms with Gasteiger partial charge in [-0.25, -0.2) is 9.59 Å². The summed E-state index contributed by atoms with van der Waals surface area (Å²) >= 11 is 17.3. The van der Waals surface area contributed by atoms with Crippen LogP contribution in [0.5, 0.6) is 11.5 Å². The smallest absolute Gasteiger partial charge is 0.410 e. The highest BCUT2D eigenvalue weighted by Crippen LogP contribution is 2.31. The second-order valence-corrected chi connectivity index (χ2v) is 21.6. The second-order valence-electron chi connectivity index (χ2n) is 20.3. The van der Waals surface area contributed by atoms with Crippen LogP contribution in [0.3, 0.4) is 0 Å². The minimum absolute atomic E-state index is 0.0543. The molecule has 3 aliphatic rings. The minimum Gasteiger partial charge on any atom is -0.490 e. The fraction of sp³-hybridized carbons (Fsp3) is 0.615. The number of aliphatic hydroxyl groups excluding tert-OH is 1. The fourth-order valence-electron chi connectivity index (χ4n) is 7.92. The number of ether oxygens (including phenoxy) is 4. The largest absolute Gasteiger partial charge is 0.490 e. The average Bonchev–Trinajstić information content (AvgIpc) is 4.03. The molecule has 6 atom stereocenters. The third-order valence-electron chi connectivity index (χ3n) is 11.2. The van der Waals surface area contributed by atoms with Crippen molar-refractivity contribution in [2.24, 2.45) is 35.5 Å². The van der Waals surface area contributed by atoms with E-state index in [2.05, 4.69) is 33.0 Å². The number of carbonyl (C=O) groups is 2. The molecule has 0 aliphatic carbocycles. The van der Waals surface area contributed by atoms with Crippen LogP contribution < -0.4 is 14.8 Å². The van der Waals surface area contributed by atoms with Gasteiger partial charge in [-0.3, -0.25) is 0 Å². The molecule has 3 aliphatic heterocycles. The molecule has 6 rings (SSSR count). The third-order valence-corrected chi connectivity index (χ3v) is 11.9. The van der Waals surface area contributed by atoms with Crippen molar-refractivity contribution in [2.45, 2.75) is 132 Å². The summed E-state index contributed by atoms with van der Waals surface area (Å²) in [4.78, 5) is 27.5. The number of aliphatic hydroxyl groups is 1. The van der Waals surface area contributed by atoms with Gasteiger partial charge in [0, 0.05) is 65.5 Å². The fourth-order valence-corrected chi connectivity index (χ4v) is 8.31. The van der Waals surface area contributed by atoms with Gasteiger partial charge >= 0.3 is 12.2 Å². The van der Waals surface area contributed by atoms with Gasteiger partial charge in [0.15, 0.2) is 0 Å². The summed E-state index contributed by atoms with van der Waals surface area (Å²) in [5, 5.41) is 15.6. The standard InChI is InChI=1S/C19H28ClNO3.C14H20ClNO.C13H25NO3.C6H5Cl/c1-13(2)17(23-16-8-6-15(20)7-9-16)14-10-11-21(12-14)18(22)24-19(3,4)5;1-10(2)14(11-7-8-16-9-11)17-13-5-3-12(15)4-6-13;1-9(2)11(15)10-6-7-14(8-10)12(16)17-13(3,4)5;7-6-4-2-1-3-5-6/h6-9,13-14,17H,10-12H2,1-5H3;3-6,10-11,14,16H,7-9H2,1-2H3;9-11,15H,6-8H2,1-5H3;1-5H/t14-,17-;11-,14-;10-,11+;/m000./s1. The molecular formula is C52H78Cl3N3O7. The first-order valence-electron chi connectivity index (χ1n) is 23.3. The van der Waals surface area contributed by atoms with Crippen LogP contribution in [0.25, 0.3) is 0 Å². The highest BCUT2D eigenvalue weighted by Gasteiger charge is 2.37. The van der Waals surface area contributed by atoms with E-state index in [-0.39, 0.29) is 42.3 Å². The molecule has 3 fully saturated rings. The van der Waals surface area contributed by atoms with Gasteiger partial charge < -0.3 is 39.2 Å². The first kappa shape index (κ1) is 55.9. The second kappa shape index (κ2) is 26.8. The molecule has 0 spiro atoms. The lowest BCUT2D eigenvalue weighted by molar-refractivity contribution is 0.0241. The first-order valence-corrected chi connectivity index (χ1v) is 24.4. The van der Waals surface area contributed by atoms with E-state index in [0.29, 0.717) is 54.9 Å². The molecular weight excluding hydrogens is 885 g/mol. The average molecular weight is 964 g/mol. The minimum atomic E-state index is -0.466. The van der Waals surface area contributed by atoms with E-state index < -0.39 is 11.2 Å². The highest BCUT2D eigenvalue weighted by molar-refractivity contribution is 6.31. The topological polar surface area (TPSA) is 110 Å². The number of likely N-dealkylation sites (tertiary alicyclic amines) is 2. The van der Waals surface area contributed by atoms with Gasteiger partial charge in [-0.15, -0.1) is 0 Å². The zero-order valence-corrected chi connectivity index (χ0v) is 43.3. The highest BCUT2D eigenvalue weighted by atomic mass is 35.5. The van der Waals surface area contributed by atoms with E-state index in [4.69, 9.17) is 53.8 Å². The zero-order valence-electron chi connectivity index (χ0n) is 41.0. The van der Waals surface area contributed by atoms with Gasteiger partial charge in [0.2, 0.25) is 0 Å². The van der Waals surface area contributed by atoms with Gasteiger partial charge in [-0.05, 0) is 146 Å². The SMILES string of the molecule is CC(C)[C@@H](O)[C@H]1CCN(C(=O)OC(C)(C)C)C1.CC(C)[C@H](Oc1ccc(Cl)cc1)[C@H]1CCN(C(=O)OC(C)(C)C)C1.CC(C)[C@H](Oc1ccc(Cl)cc1)[C@H]1CCNC1.Clc1ccccc1. The Hall–Kier alpha value is -3.41. The van der Waals surface area contributed by atoms with Gasteiger partial charge in [0.05, 0.1) is 6.10 Å². The molecule has 65 heavy (non-hydrogen) atoms. The van der Waals surface area contributed by atoms with Gasteiger partial charge in [0.1, 0.15) is 34.9 Å². The van der Waals surface area contributed by atoms with E-state index in [9.17, 15) is 14.7 Å². The monoisotopic (exact) mass is 961 g/mol. The van der Waals surface area contributed by atoms with Gasteiger partial charge in [-0.2, -0.15) is 0 Å². The quantitative estimate of drug-likeness (QED) is 0.207. The number of nitrogens with zero attached hydrogens (tertiary/aromatic N) is 2. The molecule has 0 radical (unpaired) electrons. The van der Waals surface area contributed by atoms with Crippen molar-refractivity contribution in [3.05, 3.63) is 93.9 Å². The molecule has 0 bridgehead atoms. The number of halogens is 3. The molecule has 2 N–H and O–H groups in total. The van der Waals surface area contributed by atoms with Crippen molar-refractivity contribution in [1.29, 1.82) is 0 Å². The predicted octanol–water partition coefficient (Wildman–Crippen LogP) is 13.0. The maximum Gasteiger partial charge on any atom is 0.410 e. The Morgan fingerprint density at radius 3 is 1.34 bits per heavy atom. The Morgan fingerprint density at radius 1 is 0.585 bits per heavy atom. The van der Waals surface area contributed by atoms with Crippen LogP contribution in [0.4, 0.5) is 9.59 Å². The molecule has 364 valence electrons. The number of rotatable bonds is 10. The molecule has 2 amide bonds. The summed E-state index contributed by atoms with van der Waals surface area (Å²) in [5.74, 6) is 3.94. The number of hydrogen-bond donors (Lipinski definition) is 2. The predicted molar refractivity (Wildman–Crippen MR) is 267 cm³/mol. The number of hydrogen-bond acceptors (Lipinski definition) is 8. The summed E-state index contributed by atoms with van der Waals surface area (Å²) in [6.07, 6.45) is 2.49. The maximum atomic E-state index is 12.2. The number of nitrogens with one attached hydrogen (secondary N) is 1. The Labute approximate surface area is 406 Å². The van der Waals surface area contributed by atoms with Gasteiger partial charge in [0.25, 0.3) is 0 Å². The lowest BCUT2D eigenvalue weighted by Crippen LogP contribution is -2.38. The molecule has 10 nitrogen and oxygen atoms in total. The van der Waals surface area contributed by atoms with Crippen molar-refractivity contribution in [1.82, 2.24) is 15.1 Å². The molecule has 0 unspecified atom stereocenters. The molecule has 3 aromatic carbocycles. The van der Waals surface area contributed by atoms with Crippen LogP contribution in [0.1, 0.15) is 102 Å².